The second-order valence-corrected chi connectivity index (χ2v) is 5.60. The van der Waals surface area contributed by atoms with Crippen LogP contribution in [0.5, 0.6) is 0 Å². The van der Waals surface area contributed by atoms with Crippen LogP contribution in [0.1, 0.15) is 17.3 Å². The maximum Gasteiger partial charge on any atom is 0.408 e. The van der Waals surface area contributed by atoms with Crippen LogP contribution in [0.15, 0.2) is 36.8 Å². The molecular weight excluding hydrogens is 321 g/mol. The van der Waals surface area contributed by atoms with Gasteiger partial charge in [0, 0.05) is 35.9 Å². The molecular formula is C16H15F3N4O. The number of rotatable bonds is 3. The van der Waals surface area contributed by atoms with Gasteiger partial charge in [0.2, 0.25) is 0 Å². The number of alkyl halides is 3. The lowest BCUT2D eigenvalue weighted by Crippen LogP contribution is -2.43. The van der Waals surface area contributed by atoms with Crippen molar-refractivity contribution in [2.24, 2.45) is 7.05 Å². The Balaban J connectivity index is 1.95. The zero-order valence-corrected chi connectivity index (χ0v) is 13.0. The summed E-state index contributed by atoms with van der Waals surface area (Å²) >= 11 is 0. The second kappa shape index (κ2) is 5.70. The Hall–Kier alpha value is -2.77. The number of benzene rings is 1. The topological polar surface area (TPSA) is 62.7 Å². The third kappa shape index (κ3) is 2.99. The van der Waals surface area contributed by atoms with Gasteiger partial charge >= 0.3 is 6.18 Å². The van der Waals surface area contributed by atoms with Gasteiger partial charge in [-0.15, -0.1) is 0 Å². The molecule has 5 nitrogen and oxygen atoms in total. The number of halogens is 3. The molecule has 0 fully saturated rings. The number of carbonyl (C=O) groups excluding carboxylic acids is 1. The van der Waals surface area contributed by atoms with E-state index in [1.165, 1.54) is 6.20 Å². The molecule has 3 aromatic rings. The van der Waals surface area contributed by atoms with Crippen molar-refractivity contribution in [1.82, 2.24) is 20.1 Å². The van der Waals surface area contributed by atoms with Crippen LogP contribution in [0.3, 0.4) is 0 Å². The zero-order valence-electron chi connectivity index (χ0n) is 13.0. The molecule has 0 radical (unpaired) electrons. The highest BCUT2D eigenvalue weighted by atomic mass is 19.4. The molecule has 126 valence electrons. The first-order chi connectivity index (χ1) is 11.3. The van der Waals surface area contributed by atoms with Gasteiger partial charge in [-0.1, -0.05) is 6.07 Å². The Morgan fingerprint density at radius 3 is 2.71 bits per heavy atom. The molecule has 0 aliphatic carbocycles. The van der Waals surface area contributed by atoms with Gasteiger partial charge in [-0.25, -0.2) is 0 Å². The molecule has 1 amide bonds. The third-order valence-corrected chi connectivity index (χ3v) is 3.80. The Morgan fingerprint density at radius 1 is 1.33 bits per heavy atom. The number of aryl methyl sites for hydroxylation is 1. The second-order valence-electron chi connectivity index (χ2n) is 5.60. The molecule has 0 aliphatic heterocycles. The van der Waals surface area contributed by atoms with Crippen molar-refractivity contribution in [3.05, 3.63) is 42.4 Å². The average Bonchev–Trinajstić information content (AvgIpc) is 3.11. The summed E-state index contributed by atoms with van der Waals surface area (Å²) in [6, 6.07) is 3.48. The third-order valence-electron chi connectivity index (χ3n) is 3.80. The summed E-state index contributed by atoms with van der Waals surface area (Å²) in [5, 5.41) is 6.63. The molecule has 2 heterocycles. The van der Waals surface area contributed by atoms with Crippen LogP contribution in [0.2, 0.25) is 0 Å². The molecule has 0 spiro atoms. The van der Waals surface area contributed by atoms with E-state index in [0.717, 1.165) is 18.1 Å². The van der Waals surface area contributed by atoms with Crippen molar-refractivity contribution in [2.45, 2.75) is 19.1 Å². The van der Waals surface area contributed by atoms with E-state index in [1.54, 1.807) is 30.1 Å². The van der Waals surface area contributed by atoms with Gasteiger partial charge in [-0.2, -0.15) is 18.3 Å². The number of carbonyl (C=O) groups is 1. The molecule has 1 aromatic carbocycles. The molecule has 3 rings (SSSR count). The van der Waals surface area contributed by atoms with Crippen molar-refractivity contribution in [1.29, 1.82) is 0 Å². The van der Waals surface area contributed by atoms with Gasteiger partial charge < -0.3 is 10.3 Å². The van der Waals surface area contributed by atoms with Gasteiger partial charge in [0.1, 0.15) is 6.04 Å². The van der Waals surface area contributed by atoms with Crippen molar-refractivity contribution in [3.8, 4) is 11.1 Å². The summed E-state index contributed by atoms with van der Waals surface area (Å²) in [5.74, 6) is -0.769. The van der Waals surface area contributed by atoms with Gasteiger partial charge in [-0.3, -0.25) is 9.48 Å². The fourth-order valence-corrected chi connectivity index (χ4v) is 2.41. The summed E-state index contributed by atoms with van der Waals surface area (Å²) in [6.45, 7) is 0.911. The normalized spacial score (nSPS) is 13.2. The first-order valence-electron chi connectivity index (χ1n) is 7.23. The number of amides is 1. The van der Waals surface area contributed by atoms with E-state index < -0.39 is 18.1 Å². The molecule has 0 bridgehead atoms. The van der Waals surface area contributed by atoms with E-state index in [2.05, 4.69) is 10.1 Å². The Morgan fingerprint density at radius 2 is 2.08 bits per heavy atom. The summed E-state index contributed by atoms with van der Waals surface area (Å²) in [7, 11) is 1.79. The van der Waals surface area contributed by atoms with Gasteiger partial charge in [0.15, 0.2) is 0 Å². The first kappa shape index (κ1) is 16.1. The zero-order chi connectivity index (χ0) is 17.5. The van der Waals surface area contributed by atoms with E-state index in [9.17, 15) is 18.0 Å². The molecule has 8 heteroatoms. The molecule has 24 heavy (non-hydrogen) atoms. The minimum absolute atomic E-state index is 0.173. The van der Waals surface area contributed by atoms with E-state index in [-0.39, 0.29) is 5.56 Å². The van der Waals surface area contributed by atoms with Crippen LogP contribution in [0.25, 0.3) is 22.0 Å². The monoisotopic (exact) mass is 336 g/mol. The number of hydrogen-bond acceptors (Lipinski definition) is 2. The first-order valence-corrected chi connectivity index (χ1v) is 7.23. The van der Waals surface area contributed by atoms with Gasteiger partial charge in [0.05, 0.1) is 11.8 Å². The maximum atomic E-state index is 12.6. The highest BCUT2D eigenvalue weighted by Crippen LogP contribution is 2.27. The SMILES string of the molecule is C[C@H](NC(=O)c1c[nH]c2ccc(-c3cnn(C)c3)cc12)C(F)(F)F. The number of nitrogens with zero attached hydrogens (tertiary/aromatic N) is 2. The van der Waals surface area contributed by atoms with E-state index >= 15 is 0 Å². The number of fused-ring (bicyclic) bond motifs is 1. The highest BCUT2D eigenvalue weighted by Gasteiger charge is 2.37. The standard InChI is InChI=1S/C16H15F3N4O/c1-9(16(17,18)19)22-15(24)13-7-20-14-4-3-10(5-12(13)14)11-6-21-23(2)8-11/h3-9,20H,1-2H3,(H,22,24)/t9-/m0/s1. The highest BCUT2D eigenvalue weighted by molar-refractivity contribution is 6.07. The van der Waals surface area contributed by atoms with Crippen LogP contribution in [0, 0.1) is 0 Å². The van der Waals surface area contributed by atoms with Crippen LogP contribution in [0.4, 0.5) is 13.2 Å². The minimum atomic E-state index is -4.48. The van der Waals surface area contributed by atoms with Gasteiger partial charge in [-0.05, 0) is 24.6 Å². The van der Waals surface area contributed by atoms with Crippen LogP contribution < -0.4 is 5.32 Å². The van der Waals surface area contributed by atoms with Gasteiger partial charge in [0.25, 0.3) is 5.91 Å². The fraction of sp³-hybridized carbons (Fsp3) is 0.250. The number of hydrogen-bond donors (Lipinski definition) is 2. The molecule has 2 N–H and O–H groups in total. The van der Waals surface area contributed by atoms with E-state index in [4.69, 9.17) is 0 Å². The molecule has 0 aliphatic rings. The lowest BCUT2D eigenvalue weighted by atomic mass is 10.0. The molecule has 0 saturated carbocycles. The van der Waals surface area contributed by atoms with Crippen molar-refractivity contribution >= 4 is 16.8 Å². The Labute approximate surface area is 135 Å². The predicted molar refractivity (Wildman–Crippen MR) is 83.5 cm³/mol. The van der Waals surface area contributed by atoms with Crippen molar-refractivity contribution in [3.63, 3.8) is 0 Å². The lowest BCUT2D eigenvalue weighted by Gasteiger charge is -2.16. The lowest BCUT2D eigenvalue weighted by molar-refractivity contribution is -0.149. The average molecular weight is 336 g/mol. The summed E-state index contributed by atoms with van der Waals surface area (Å²) in [4.78, 5) is 15.1. The predicted octanol–water partition coefficient (Wildman–Crippen LogP) is 3.25. The van der Waals surface area contributed by atoms with Crippen LogP contribution >= 0.6 is 0 Å². The molecule has 0 unspecified atom stereocenters. The Bertz CT molecular complexity index is 894. The molecule has 1 atom stereocenters. The van der Waals surface area contributed by atoms with E-state index in [1.807, 2.05) is 17.6 Å². The maximum absolute atomic E-state index is 12.6. The Kier molecular flexibility index (Phi) is 3.82. The number of nitrogens with one attached hydrogen (secondary N) is 2. The summed E-state index contributed by atoms with van der Waals surface area (Å²) in [5.41, 5.74) is 2.53. The summed E-state index contributed by atoms with van der Waals surface area (Å²) < 4.78 is 39.5. The fourth-order valence-electron chi connectivity index (χ4n) is 2.41. The minimum Gasteiger partial charge on any atom is -0.360 e. The molecule has 0 saturated heterocycles. The molecule has 2 aromatic heterocycles. The quantitative estimate of drug-likeness (QED) is 0.771. The van der Waals surface area contributed by atoms with Crippen molar-refractivity contribution < 1.29 is 18.0 Å². The smallest absolute Gasteiger partial charge is 0.360 e. The number of aromatic amines is 1. The summed E-state index contributed by atoms with van der Waals surface area (Å²) in [6.07, 6.45) is 0.428. The number of aromatic nitrogens is 3. The van der Waals surface area contributed by atoms with Crippen molar-refractivity contribution in [2.75, 3.05) is 0 Å². The number of H-pyrrole nitrogens is 1. The largest absolute Gasteiger partial charge is 0.408 e. The van der Waals surface area contributed by atoms with Crippen LogP contribution in [-0.4, -0.2) is 32.9 Å². The van der Waals surface area contributed by atoms with Crippen LogP contribution in [-0.2, 0) is 7.05 Å². The van der Waals surface area contributed by atoms with E-state index in [0.29, 0.717) is 10.9 Å².